The van der Waals surface area contributed by atoms with Gasteiger partial charge in [0, 0.05) is 63.4 Å². The number of amides is 3. The minimum atomic E-state index is -0.676. The van der Waals surface area contributed by atoms with Crippen LogP contribution in [0, 0.1) is 17.8 Å². The van der Waals surface area contributed by atoms with Gasteiger partial charge in [-0.1, -0.05) is 37.3 Å². The van der Waals surface area contributed by atoms with Crippen LogP contribution < -0.4 is 4.90 Å². The van der Waals surface area contributed by atoms with Crippen LogP contribution in [-0.2, 0) is 19.1 Å². The smallest absolute Gasteiger partial charge is 0.247 e. The van der Waals surface area contributed by atoms with Crippen LogP contribution in [0.2, 0.25) is 0 Å². The number of morpholine rings is 1. The van der Waals surface area contributed by atoms with Crippen molar-refractivity contribution in [2.24, 2.45) is 17.8 Å². The molecule has 0 aromatic heterocycles. The molecule has 0 aliphatic carbocycles. The third-order valence-corrected chi connectivity index (χ3v) is 12.0. The standard InChI is InChI=1S/C34H48N4O5S/c1-4-14-36(18-17-35-19-22-43-23-20-35)33(42)30-34-25(3)24-27(44-34)28(29(34)32(41)38(30)16-10-7-11-21-39)31(40)37(15-5-2)26-12-8-6-9-13-26/h4-6,8-9,12-13,25,27-30,39H,1-2,7,10-11,14-24H2,3H3/t25?,27-,28+,29-,30?,34?/m0/s1. The Bertz CT molecular complexity index is 1190. The lowest BCUT2D eigenvalue weighted by molar-refractivity contribution is -0.142. The largest absolute Gasteiger partial charge is 0.396 e. The highest BCUT2D eigenvalue weighted by Gasteiger charge is 2.76. The fourth-order valence-corrected chi connectivity index (χ4v) is 10.2. The van der Waals surface area contributed by atoms with E-state index in [2.05, 4.69) is 25.0 Å². The number of aliphatic hydroxyl groups is 1. The van der Waals surface area contributed by atoms with Gasteiger partial charge < -0.3 is 24.5 Å². The van der Waals surface area contributed by atoms with Crippen LogP contribution in [0.25, 0.3) is 0 Å². The zero-order chi connectivity index (χ0) is 31.3. The van der Waals surface area contributed by atoms with Gasteiger partial charge in [0.25, 0.3) is 0 Å². The van der Waals surface area contributed by atoms with Gasteiger partial charge in [0.15, 0.2) is 0 Å². The molecule has 0 radical (unpaired) electrons. The molecule has 5 rings (SSSR count). The number of likely N-dealkylation sites (tertiary alicyclic amines) is 1. The monoisotopic (exact) mass is 624 g/mol. The number of benzene rings is 1. The van der Waals surface area contributed by atoms with E-state index in [4.69, 9.17) is 4.74 Å². The van der Waals surface area contributed by atoms with Gasteiger partial charge in [0.1, 0.15) is 6.04 Å². The van der Waals surface area contributed by atoms with Crippen LogP contribution in [0.5, 0.6) is 0 Å². The maximum Gasteiger partial charge on any atom is 0.247 e. The minimum Gasteiger partial charge on any atom is -0.396 e. The van der Waals surface area contributed by atoms with Crippen LogP contribution >= 0.6 is 11.8 Å². The number of thioether (sulfide) groups is 1. The first-order chi connectivity index (χ1) is 21.4. The van der Waals surface area contributed by atoms with Gasteiger partial charge in [0.05, 0.1) is 29.8 Å². The van der Waals surface area contributed by atoms with Gasteiger partial charge >= 0.3 is 0 Å². The van der Waals surface area contributed by atoms with Gasteiger partial charge in [-0.15, -0.1) is 24.9 Å². The number of anilines is 1. The van der Waals surface area contributed by atoms with Crippen molar-refractivity contribution in [1.29, 1.82) is 0 Å². The second-order valence-electron chi connectivity index (χ2n) is 12.5. The average molecular weight is 625 g/mol. The van der Waals surface area contributed by atoms with E-state index in [1.807, 2.05) is 35.2 Å². The fraction of sp³-hybridized carbons (Fsp3) is 0.618. The number of fused-ring (bicyclic) bond motifs is 1. The van der Waals surface area contributed by atoms with Crippen molar-refractivity contribution in [2.45, 2.75) is 48.6 Å². The van der Waals surface area contributed by atoms with Gasteiger partial charge in [-0.3, -0.25) is 19.3 Å². The summed E-state index contributed by atoms with van der Waals surface area (Å²) in [6, 6.07) is 8.92. The number of nitrogens with zero attached hydrogens (tertiary/aromatic N) is 4. The number of carbonyl (C=O) groups excluding carboxylic acids is 3. The maximum atomic E-state index is 14.7. The zero-order valence-corrected chi connectivity index (χ0v) is 26.8. The number of hydrogen-bond donors (Lipinski definition) is 1. The summed E-state index contributed by atoms with van der Waals surface area (Å²) in [5.74, 6) is -1.17. The van der Waals surface area contributed by atoms with Crippen LogP contribution in [-0.4, -0.2) is 119 Å². The van der Waals surface area contributed by atoms with E-state index in [0.29, 0.717) is 52.2 Å². The molecule has 1 aromatic rings. The first-order valence-corrected chi connectivity index (χ1v) is 17.0. The highest BCUT2D eigenvalue weighted by Crippen LogP contribution is 2.69. The summed E-state index contributed by atoms with van der Waals surface area (Å²) in [6.45, 7) is 15.6. The lowest BCUT2D eigenvalue weighted by Crippen LogP contribution is -2.58. The summed E-state index contributed by atoms with van der Waals surface area (Å²) in [6.07, 6.45) is 6.39. The van der Waals surface area contributed by atoms with E-state index in [1.165, 1.54) is 0 Å². The second-order valence-corrected chi connectivity index (χ2v) is 14.0. The van der Waals surface area contributed by atoms with Gasteiger partial charge in [-0.05, 0) is 43.7 Å². The number of para-hydroxylation sites is 1. The van der Waals surface area contributed by atoms with Crippen LogP contribution in [0.3, 0.4) is 0 Å². The first-order valence-electron chi connectivity index (χ1n) is 16.1. The molecule has 10 heteroatoms. The Morgan fingerprint density at radius 3 is 2.48 bits per heavy atom. The van der Waals surface area contributed by atoms with E-state index in [0.717, 1.165) is 38.2 Å². The molecule has 4 fully saturated rings. The highest BCUT2D eigenvalue weighted by molar-refractivity contribution is 8.02. The molecule has 3 unspecified atom stereocenters. The lowest BCUT2D eigenvalue weighted by Gasteiger charge is -2.41. The number of ether oxygens (including phenoxy) is 1. The average Bonchev–Trinajstić information content (AvgIpc) is 3.64. The molecule has 0 saturated carbocycles. The van der Waals surface area contributed by atoms with E-state index in [-0.39, 0.29) is 35.5 Å². The van der Waals surface area contributed by atoms with Crippen LogP contribution in [0.4, 0.5) is 5.69 Å². The summed E-state index contributed by atoms with van der Waals surface area (Å²) in [5, 5.41) is 9.34. The van der Waals surface area contributed by atoms with Gasteiger partial charge in [-0.2, -0.15) is 0 Å². The molecule has 1 aromatic carbocycles. The number of rotatable bonds is 15. The van der Waals surface area contributed by atoms with Crippen LogP contribution in [0.1, 0.15) is 32.6 Å². The summed E-state index contributed by atoms with van der Waals surface area (Å²) >= 11 is 1.72. The lowest BCUT2D eigenvalue weighted by atomic mass is 9.65. The predicted molar refractivity (Wildman–Crippen MR) is 174 cm³/mol. The quantitative estimate of drug-likeness (QED) is 0.237. The molecule has 1 N–H and O–H groups in total. The number of hydrogen-bond acceptors (Lipinski definition) is 7. The van der Waals surface area contributed by atoms with Crippen molar-refractivity contribution in [1.82, 2.24) is 14.7 Å². The van der Waals surface area contributed by atoms with Crippen molar-refractivity contribution in [3.8, 4) is 0 Å². The minimum absolute atomic E-state index is 0.0319. The van der Waals surface area contributed by atoms with Crippen molar-refractivity contribution in [2.75, 3.05) is 70.5 Å². The SMILES string of the molecule is C=CCN(CCN1CCOCC1)C(=O)C1N(CCCCCO)C(=O)[C@@H]2[C@H](C(=O)N(CC=C)c3ccccc3)[C@@H]3CC(C)C12S3. The van der Waals surface area contributed by atoms with E-state index in [9.17, 15) is 19.5 Å². The molecule has 4 heterocycles. The van der Waals surface area contributed by atoms with Crippen molar-refractivity contribution >= 4 is 35.2 Å². The van der Waals surface area contributed by atoms with Gasteiger partial charge in [0.2, 0.25) is 17.7 Å². The molecule has 44 heavy (non-hydrogen) atoms. The number of aliphatic hydroxyl groups excluding tert-OH is 1. The Morgan fingerprint density at radius 1 is 1.07 bits per heavy atom. The van der Waals surface area contributed by atoms with E-state index < -0.39 is 22.6 Å². The number of carbonyl (C=O) groups is 3. The number of unbranched alkanes of at least 4 members (excludes halogenated alkanes) is 2. The molecule has 4 aliphatic heterocycles. The normalized spacial score (nSPS) is 29.5. The summed E-state index contributed by atoms with van der Waals surface area (Å²) in [4.78, 5) is 51.5. The second kappa shape index (κ2) is 14.6. The van der Waals surface area contributed by atoms with Crippen molar-refractivity contribution in [3.63, 3.8) is 0 Å². The molecule has 2 bridgehead atoms. The van der Waals surface area contributed by atoms with Crippen molar-refractivity contribution in [3.05, 3.63) is 55.6 Å². The Hall–Kier alpha value is -2.66. The molecule has 9 nitrogen and oxygen atoms in total. The predicted octanol–water partition coefficient (Wildman–Crippen LogP) is 3.05. The third-order valence-electron chi connectivity index (χ3n) is 9.92. The maximum absolute atomic E-state index is 14.7. The molecule has 3 amide bonds. The molecule has 6 atom stereocenters. The Morgan fingerprint density at radius 2 is 1.80 bits per heavy atom. The van der Waals surface area contributed by atoms with E-state index >= 15 is 0 Å². The fourth-order valence-electron chi connectivity index (χ4n) is 7.84. The third kappa shape index (κ3) is 6.10. The first kappa shape index (κ1) is 32.7. The molecule has 240 valence electrons. The summed E-state index contributed by atoms with van der Waals surface area (Å²) in [7, 11) is 0. The highest BCUT2D eigenvalue weighted by atomic mass is 32.2. The van der Waals surface area contributed by atoms with Crippen LogP contribution in [0.15, 0.2) is 55.6 Å². The summed E-state index contributed by atoms with van der Waals surface area (Å²) < 4.78 is 4.83. The zero-order valence-electron chi connectivity index (χ0n) is 26.0. The molecule has 4 saturated heterocycles. The molecule has 4 aliphatic rings. The van der Waals surface area contributed by atoms with E-state index in [1.54, 1.807) is 33.7 Å². The molecular formula is C34H48N4O5S. The summed E-state index contributed by atoms with van der Waals surface area (Å²) in [5.41, 5.74) is 0.784. The Labute approximate surface area is 266 Å². The van der Waals surface area contributed by atoms with Crippen molar-refractivity contribution < 1.29 is 24.2 Å². The molecule has 1 spiro atoms. The Kier molecular flexibility index (Phi) is 10.9. The Balaban J connectivity index is 1.48. The molecular weight excluding hydrogens is 576 g/mol. The van der Waals surface area contributed by atoms with Gasteiger partial charge in [-0.25, -0.2) is 0 Å². The topological polar surface area (TPSA) is 93.6 Å².